The van der Waals surface area contributed by atoms with Gasteiger partial charge in [0.05, 0.1) is 21.0 Å². The van der Waals surface area contributed by atoms with Crippen LogP contribution in [0.15, 0.2) is 27.7 Å². The molecule has 29 heavy (non-hydrogen) atoms. The van der Waals surface area contributed by atoms with Crippen LogP contribution in [-0.2, 0) is 10.0 Å². The number of aliphatic hydroxyl groups is 1. The molecule has 2 aromatic rings. The predicted molar refractivity (Wildman–Crippen MR) is 119 cm³/mol. The van der Waals surface area contributed by atoms with Gasteiger partial charge in [-0.3, -0.25) is 0 Å². The maximum absolute atomic E-state index is 12.0. The van der Waals surface area contributed by atoms with Gasteiger partial charge in [-0.15, -0.1) is 0 Å². The summed E-state index contributed by atoms with van der Waals surface area (Å²) in [6, 6.07) is 3.18. The zero-order valence-corrected chi connectivity index (χ0v) is 19.8. The molecule has 10 heteroatoms. The number of anilines is 3. The van der Waals surface area contributed by atoms with E-state index >= 15 is 0 Å². The molecule has 0 unspecified atom stereocenters. The number of nitrogens with one attached hydrogen (secondary N) is 2. The minimum absolute atomic E-state index is 0.0422. The molecular formula is C19H28BrN5O3S. The molecule has 1 aromatic carbocycles. The van der Waals surface area contributed by atoms with Crippen LogP contribution in [0.4, 0.5) is 17.5 Å². The summed E-state index contributed by atoms with van der Waals surface area (Å²) in [6.07, 6.45) is 1.60. The number of hydrogen-bond acceptors (Lipinski definition) is 7. The summed E-state index contributed by atoms with van der Waals surface area (Å²) < 4.78 is 24.7. The Balaban J connectivity index is 2.41. The molecule has 1 aromatic heterocycles. The van der Waals surface area contributed by atoms with Crippen molar-refractivity contribution < 1.29 is 13.5 Å². The summed E-state index contributed by atoms with van der Waals surface area (Å²) >= 11 is 3.41. The van der Waals surface area contributed by atoms with Gasteiger partial charge in [0, 0.05) is 11.9 Å². The highest BCUT2D eigenvalue weighted by molar-refractivity contribution is 9.10. The first-order valence-corrected chi connectivity index (χ1v) is 11.5. The van der Waals surface area contributed by atoms with Crippen molar-refractivity contribution in [1.29, 1.82) is 0 Å². The van der Waals surface area contributed by atoms with E-state index in [1.165, 1.54) is 0 Å². The normalized spacial score (nSPS) is 13.4. The molecule has 0 spiro atoms. The fourth-order valence-corrected chi connectivity index (χ4v) is 4.17. The van der Waals surface area contributed by atoms with Crippen LogP contribution < -0.4 is 15.8 Å². The van der Waals surface area contributed by atoms with Gasteiger partial charge in [-0.05, 0) is 72.8 Å². The highest BCUT2D eigenvalue weighted by atomic mass is 79.9. The molecule has 0 aliphatic rings. The van der Waals surface area contributed by atoms with Crippen LogP contribution >= 0.6 is 15.9 Å². The molecule has 8 nitrogen and oxygen atoms in total. The van der Waals surface area contributed by atoms with Gasteiger partial charge in [0.15, 0.2) is 0 Å². The van der Waals surface area contributed by atoms with Crippen LogP contribution in [0.25, 0.3) is 0 Å². The minimum Gasteiger partial charge on any atom is -0.388 e. The summed E-state index contributed by atoms with van der Waals surface area (Å²) in [5, 5.41) is 21.8. The zero-order valence-electron chi connectivity index (χ0n) is 17.4. The number of benzene rings is 1. The Morgan fingerprint density at radius 2 is 1.86 bits per heavy atom. The Morgan fingerprint density at radius 1 is 1.24 bits per heavy atom. The highest BCUT2D eigenvalue weighted by Gasteiger charge is 2.24. The van der Waals surface area contributed by atoms with Gasteiger partial charge in [-0.25, -0.2) is 18.5 Å². The number of nitrogens with zero attached hydrogens (tertiary/aromatic N) is 2. The molecule has 0 saturated carbocycles. The SMILES string of the molecule is Cc1cc(Nc2ncc(Br)c(N[C@H](C)C(C)(C)O)n2)cc(C(C)C)c1S(N)(=O)=O. The third-order valence-corrected chi connectivity index (χ3v) is 6.33. The Morgan fingerprint density at radius 3 is 2.38 bits per heavy atom. The zero-order chi connectivity index (χ0) is 22.1. The Labute approximate surface area is 180 Å². The van der Waals surface area contributed by atoms with Gasteiger partial charge in [0.2, 0.25) is 16.0 Å². The largest absolute Gasteiger partial charge is 0.388 e. The van der Waals surface area contributed by atoms with Gasteiger partial charge in [-0.1, -0.05) is 13.8 Å². The molecule has 2 rings (SSSR count). The molecule has 0 amide bonds. The third-order valence-electron chi connectivity index (χ3n) is 4.62. The van der Waals surface area contributed by atoms with E-state index < -0.39 is 15.6 Å². The molecule has 1 heterocycles. The van der Waals surface area contributed by atoms with E-state index in [4.69, 9.17) is 5.14 Å². The van der Waals surface area contributed by atoms with Crippen molar-refractivity contribution in [3.63, 3.8) is 0 Å². The third kappa shape index (κ3) is 5.88. The van der Waals surface area contributed by atoms with Crippen LogP contribution in [0, 0.1) is 6.92 Å². The summed E-state index contributed by atoms with van der Waals surface area (Å²) in [6.45, 7) is 10.8. The second-order valence-electron chi connectivity index (χ2n) is 7.95. The van der Waals surface area contributed by atoms with Crippen LogP contribution in [-0.4, -0.2) is 35.1 Å². The molecule has 160 valence electrons. The van der Waals surface area contributed by atoms with E-state index in [1.54, 1.807) is 39.1 Å². The lowest BCUT2D eigenvalue weighted by molar-refractivity contribution is 0.0647. The lowest BCUT2D eigenvalue weighted by atomic mass is 10.00. The lowest BCUT2D eigenvalue weighted by Crippen LogP contribution is -2.39. The molecular weight excluding hydrogens is 458 g/mol. The number of aryl methyl sites for hydroxylation is 1. The first kappa shape index (κ1) is 23.5. The first-order chi connectivity index (χ1) is 13.2. The summed E-state index contributed by atoms with van der Waals surface area (Å²) in [7, 11) is -3.84. The van der Waals surface area contributed by atoms with Crippen molar-refractivity contribution in [2.45, 2.75) is 64.0 Å². The van der Waals surface area contributed by atoms with Gasteiger partial charge >= 0.3 is 0 Å². The van der Waals surface area contributed by atoms with E-state index in [0.29, 0.717) is 33.1 Å². The molecule has 0 aliphatic heterocycles. The minimum atomic E-state index is -3.84. The van der Waals surface area contributed by atoms with Crippen molar-refractivity contribution in [3.8, 4) is 0 Å². The summed E-state index contributed by atoms with van der Waals surface area (Å²) in [4.78, 5) is 8.88. The number of nitrogens with two attached hydrogens (primary N) is 1. The van der Waals surface area contributed by atoms with Crippen molar-refractivity contribution in [1.82, 2.24) is 9.97 Å². The molecule has 0 bridgehead atoms. The molecule has 5 N–H and O–H groups in total. The van der Waals surface area contributed by atoms with Crippen LogP contribution in [0.1, 0.15) is 51.7 Å². The van der Waals surface area contributed by atoms with E-state index in [0.717, 1.165) is 0 Å². The standard InChI is InChI=1S/C19H28BrN5O3S/c1-10(2)14-8-13(7-11(3)16(14)29(21,27)28)24-18-22-9-15(20)17(25-18)23-12(4)19(5,6)26/h7-10,12,26H,1-6H3,(H2,21,27,28)(H2,22,23,24,25)/t12-/m1/s1. The quantitative estimate of drug-likeness (QED) is 0.470. The molecule has 0 radical (unpaired) electrons. The monoisotopic (exact) mass is 485 g/mol. The van der Waals surface area contributed by atoms with E-state index in [9.17, 15) is 13.5 Å². The predicted octanol–water partition coefficient (Wildman–Crippen LogP) is 3.63. The summed E-state index contributed by atoms with van der Waals surface area (Å²) in [5.74, 6) is 0.815. The fraction of sp³-hybridized carbons (Fsp3) is 0.474. The summed E-state index contributed by atoms with van der Waals surface area (Å²) in [5.41, 5.74) is 0.890. The van der Waals surface area contributed by atoms with Crippen molar-refractivity contribution >= 4 is 43.4 Å². The number of sulfonamides is 1. The average Bonchev–Trinajstić information content (AvgIpc) is 2.55. The molecule has 0 aliphatic carbocycles. The molecule has 0 fully saturated rings. The number of rotatable bonds is 7. The van der Waals surface area contributed by atoms with Crippen LogP contribution in [0.2, 0.25) is 0 Å². The van der Waals surface area contributed by atoms with Crippen LogP contribution in [0.5, 0.6) is 0 Å². The number of aromatic nitrogens is 2. The maximum Gasteiger partial charge on any atom is 0.238 e. The smallest absolute Gasteiger partial charge is 0.238 e. The average molecular weight is 486 g/mol. The topological polar surface area (TPSA) is 130 Å². The number of primary sulfonamides is 1. The second-order valence-corrected chi connectivity index (χ2v) is 10.3. The van der Waals surface area contributed by atoms with E-state index in [-0.39, 0.29) is 16.9 Å². The Kier molecular flexibility index (Phi) is 6.93. The van der Waals surface area contributed by atoms with Crippen molar-refractivity contribution in [3.05, 3.63) is 33.9 Å². The first-order valence-electron chi connectivity index (χ1n) is 9.16. The number of halogens is 1. The van der Waals surface area contributed by atoms with Crippen LogP contribution in [0.3, 0.4) is 0 Å². The lowest BCUT2D eigenvalue weighted by Gasteiger charge is -2.27. The van der Waals surface area contributed by atoms with Gasteiger partial charge < -0.3 is 15.7 Å². The Bertz CT molecular complexity index is 1000. The molecule has 1 atom stereocenters. The van der Waals surface area contributed by atoms with Crippen molar-refractivity contribution in [2.24, 2.45) is 5.14 Å². The highest BCUT2D eigenvalue weighted by Crippen LogP contribution is 2.31. The van der Waals surface area contributed by atoms with Gasteiger partial charge in [-0.2, -0.15) is 4.98 Å². The fourth-order valence-electron chi connectivity index (χ4n) is 2.73. The number of hydrogen-bond donors (Lipinski definition) is 4. The Hall–Kier alpha value is -1.75. The van der Waals surface area contributed by atoms with E-state index in [2.05, 4.69) is 36.5 Å². The second kappa shape index (κ2) is 8.55. The maximum atomic E-state index is 12.0. The van der Waals surface area contributed by atoms with Gasteiger partial charge in [0.25, 0.3) is 0 Å². The van der Waals surface area contributed by atoms with Gasteiger partial charge in [0.1, 0.15) is 5.82 Å². The van der Waals surface area contributed by atoms with Crippen molar-refractivity contribution in [2.75, 3.05) is 10.6 Å². The molecule has 0 saturated heterocycles. The van der Waals surface area contributed by atoms with E-state index in [1.807, 2.05) is 20.8 Å².